The van der Waals surface area contributed by atoms with E-state index in [1.54, 1.807) is 32.4 Å². The summed E-state index contributed by atoms with van der Waals surface area (Å²) in [5.74, 6) is 1.95. The number of carbonyl (C=O) groups is 1. The van der Waals surface area contributed by atoms with E-state index in [9.17, 15) is 4.79 Å². The first-order chi connectivity index (χ1) is 15.6. The van der Waals surface area contributed by atoms with E-state index < -0.39 is 0 Å². The van der Waals surface area contributed by atoms with Crippen molar-refractivity contribution in [3.8, 4) is 11.5 Å². The Kier molecular flexibility index (Phi) is 6.61. The molecule has 0 radical (unpaired) electrons. The smallest absolute Gasteiger partial charge is 0.226 e. The lowest BCUT2D eigenvalue weighted by Gasteiger charge is -2.12. The Hall–Kier alpha value is -3.51. The van der Waals surface area contributed by atoms with Crippen LogP contribution >= 0.6 is 11.6 Å². The third-order valence-corrected chi connectivity index (χ3v) is 5.64. The number of nitrogens with zero attached hydrogens (tertiary/aromatic N) is 2. The standard InChI is InChI=1S/C25H24ClN3O3/c1-31-22-12-11-18(16-23(22)32-2)27-25(30)13-14-29-21-10-6-5-9-20(21)28-24(29)15-17-7-3-4-8-19(17)26/h3-12,16H,13-15H2,1-2H3,(H,27,30). The zero-order valence-electron chi connectivity index (χ0n) is 18.0. The summed E-state index contributed by atoms with van der Waals surface area (Å²) in [7, 11) is 3.14. The van der Waals surface area contributed by atoms with Crippen LogP contribution < -0.4 is 14.8 Å². The van der Waals surface area contributed by atoms with E-state index in [1.807, 2.05) is 48.5 Å². The predicted molar refractivity (Wildman–Crippen MR) is 127 cm³/mol. The van der Waals surface area contributed by atoms with Gasteiger partial charge < -0.3 is 19.4 Å². The molecule has 32 heavy (non-hydrogen) atoms. The van der Waals surface area contributed by atoms with E-state index in [-0.39, 0.29) is 5.91 Å². The Morgan fingerprint density at radius 2 is 1.75 bits per heavy atom. The Balaban J connectivity index is 1.52. The predicted octanol–water partition coefficient (Wildman–Crippen LogP) is 5.33. The molecule has 7 heteroatoms. The maximum absolute atomic E-state index is 12.7. The van der Waals surface area contributed by atoms with Crippen molar-refractivity contribution in [2.45, 2.75) is 19.4 Å². The maximum atomic E-state index is 12.7. The molecule has 0 fully saturated rings. The van der Waals surface area contributed by atoms with Crippen LogP contribution in [0.15, 0.2) is 66.7 Å². The van der Waals surface area contributed by atoms with Crippen LogP contribution in [0.3, 0.4) is 0 Å². The molecule has 1 amide bonds. The summed E-state index contributed by atoms with van der Waals surface area (Å²) >= 11 is 6.37. The van der Waals surface area contributed by atoms with Gasteiger partial charge in [0.1, 0.15) is 5.82 Å². The normalized spacial score (nSPS) is 10.8. The van der Waals surface area contributed by atoms with Crippen molar-refractivity contribution in [1.29, 1.82) is 0 Å². The molecular formula is C25H24ClN3O3. The third kappa shape index (κ3) is 4.70. The lowest BCUT2D eigenvalue weighted by molar-refractivity contribution is -0.116. The number of aryl methyl sites for hydroxylation is 1. The minimum absolute atomic E-state index is 0.0984. The van der Waals surface area contributed by atoms with Crippen LogP contribution in [-0.2, 0) is 17.8 Å². The topological polar surface area (TPSA) is 65.4 Å². The molecular weight excluding hydrogens is 426 g/mol. The number of amides is 1. The Morgan fingerprint density at radius 1 is 1.00 bits per heavy atom. The number of rotatable bonds is 8. The van der Waals surface area contributed by atoms with Gasteiger partial charge in [-0.05, 0) is 35.9 Å². The number of anilines is 1. The second-order valence-corrected chi connectivity index (χ2v) is 7.71. The number of fused-ring (bicyclic) bond motifs is 1. The molecule has 1 N–H and O–H groups in total. The number of imidazole rings is 1. The fourth-order valence-corrected chi connectivity index (χ4v) is 3.88. The number of carbonyl (C=O) groups excluding carboxylic acids is 1. The van der Waals surface area contributed by atoms with Gasteiger partial charge in [-0.3, -0.25) is 4.79 Å². The van der Waals surface area contributed by atoms with Crippen LogP contribution in [0.2, 0.25) is 5.02 Å². The Morgan fingerprint density at radius 3 is 2.53 bits per heavy atom. The quantitative estimate of drug-likeness (QED) is 0.395. The number of nitrogens with one attached hydrogen (secondary N) is 1. The van der Waals surface area contributed by atoms with Gasteiger partial charge in [0, 0.05) is 36.2 Å². The molecule has 0 saturated heterocycles. The van der Waals surface area contributed by atoms with Crippen LogP contribution in [0.25, 0.3) is 11.0 Å². The Labute approximate surface area is 191 Å². The Bertz CT molecular complexity index is 1250. The highest BCUT2D eigenvalue weighted by atomic mass is 35.5. The molecule has 6 nitrogen and oxygen atoms in total. The molecule has 0 aliphatic heterocycles. The highest BCUT2D eigenvalue weighted by Gasteiger charge is 2.14. The molecule has 4 aromatic rings. The van der Waals surface area contributed by atoms with Crippen LogP contribution in [0.5, 0.6) is 11.5 Å². The number of hydrogen-bond acceptors (Lipinski definition) is 4. The average molecular weight is 450 g/mol. The highest BCUT2D eigenvalue weighted by molar-refractivity contribution is 6.31. The summed E-state index contributed by atoms with van der Waals surface area (Å²) in [6.45, 7) is 0.499. The zero-order valence-corrected chi connectivity index (χ0v) is 18.7. The van der Waals surface area contributed by atoms with Crippen LogP contribution in [0.4, 0.5) is 5.69 Å². The SMILES string of the molecule is COc1ccc(NC(=O)CCn2c(Cc3ccccc3Cl)nc3ccccc32)cc1OC. The van der Waals surface area contributed by atoms with Gasteiger partial charge in [-0.1, -0.05) is 41.9 Å². The molecule has 3 aromatic carbocycles. The second kappa shape index (κ2) is 9.75. The third-order valence-electron chi connectivity index (χ3n) is 5.27. The summed E-state index contributed by atoms with van der Waals surface area (Å²) in [4.78, 5) is 17.5. The highest BCUT2D eigenvalue weighted by Crippen LogP contribution is 2.30. The van der Waals surface area contributed by atoms with Gasteiger partial charge >= 0.3 is 0 Å². The first-order valence-corrected chi connectivity index (χ1v) is 10.7. The number of ether oxygens (including phenoxy) is 2. The van der Waals surface area contributed by atoms with Crippen LogP contribution in [0, 0.1) is 0 Å². The van der Waals surface area contributed by atoms with Gasteiger partial charge in [0.25, 0.3) is 0 Å². The molecule has 0 unspecified atom stereocenters. The number of benzene rings is 3. The maximum Gasteiger partial charge on any atom is 0.226 e. The van der Waals surface area contributed by atoms with Gasteiger partial charge in [0.2, 0.25) is 5.91 Å². The van der Waals surface area contributed by atoms with Crippen molar-refractivity contribution in [2.75, 3.05) is 19.5 Å². The van der Waals surface area contributed by atoms with Crippen molar-refractivity contribution >= 4 is 34.2 Å². The summed E-state index contributed by atoms with van der Waals surface area (Å²) in [5, 5.41) is 3.63. The van der Waals surface area contributed by atoms with E-state index >= 15 is 0 Å². The molecule has 164 valence electrons. The van der Waals surface area contributed by atoms with Crippen molar-refractivity contribution in [3.05, 3.63) is 83.1 Å². The molecule has 0 atom stereocenters. The minimum Gasteiger partial charge on any atom is -0.493 e. The summed E-state index contributed by atoms with van der Waals surface area (Å²) in [6, 6.07) is 21.0. The van der Waals surface area contributed by atoms with E-state index in [4.69, 9.17) is 26.1 Å². The van der Waals surface area contributed by atoms with E-state index in [1.165, 1.54) is 0 Å². The summed E-state index contributed by atoms with van der Waals surface area (Å²) in [5.41, 5.74) is 3.54. The van der Waals surface area contributed by atoms with Crippen molar-refractivity contribution in [3.63, 3.8) is 0 Å². The lowest BCUT2D eigenvalue weighted by Crippen LogP contribution is -2.16. The van der Waals surface area contributed by atoms with Gasteiger partial charge in [-0.15, -0.1) is 0 Å². The largest absolute Gasteiger partial charge is 0.493 e. The lowest BCUT2D eigenvalue weighted by atomic mass is 10.1. The van der Waals surface area contributed by atoms with Crippen molar-refractivity contribution < 1.29 is 14.3 Å². The summed E-state index contributed by atoms with van der Waals surface area (Å²) < 4.78 is 12.6. The first-order valence-electron chi connectivity index (χ1n) is 10.3. The van der Waals surface area contributed by atoms with Gasteiger partial charge in [-0.25, -0.2) is 4.98 Å². The van der Waals surface area contributed by atoms with Crippen molar-refractivity contribution in [1.82, 2.24) is 9.55 Å². The van der Waals surface area contributed by atoms with Gasteiger partial charge in [0.05, 0.1) is 25.3 Å². The number of para-hydroxylation sites is 2. The number of methoxy groups -OCH3 is 2. The molecule has 0 bridgehead atoms. The fourth-order valence-electron chi connectivity index (χ4n) is 3.67. The molecule has 0 aliphatic carbocycles. The van der Waals surface area contributed by atoms with Crippen molar-refractivity contribution in [2.24, 2.45) is 0 Å². The molecule has 1 heterocycles. The molecule has 0 aliphatic rings. The fraction of sp³-hybridized carbons (Fsp3) is 0.200. The monoisotopic (exact) mass is 449 g/mol. The number of hydrogen-bond donors (Lipinski definition) is 1. The molecule has 1 aromatic heterocycles. The van der Waals surface area contributed by atoms with E-state index in [0.717, 1.165) is 22.4 Å². The van der Waals surface area contributed by atoms with E-state index in [2.05, 4.69) is 9.88 Å². The summed E-state index contributed by atoms with van der Waals surface area (Å²) in [6.07, 6.45) is 0.885. The number of aromatic nitrogens is 2. The average Bonchev–Trinajstić information content (AvgIpc) is 3.16. The second-order valence-electron chi connectivity index (χ2n) is 7.30. The zero-order chi connectivity index (χ0) is 22.5. The first kappa shape index (κ1) is 21.7. The van der Waals surface area contributed by atoms with Crippen LogP contribution in [-0.4, -0.2) is 29.7 Å². The molecule has 0 spiro atoms. The van der Waals surface area contributed by atoms with E-state index in [0.29, 0.717) is 41.6 Å². The minimum atomic E-state index is -0.0984. The van der Waals surface area contributed by atoms with Gasteiger partial charge in [-0.2, -0.15) is 0 Å². The molecule has 4 rings (SSSR count). The number of halogens is 1. The molecule has 0 saturated carbocycles. The van der Waals surface area contributed by atoms with Gasteiger partial charge in [0.15, 0.2) is 11.5 Å². The van der Waals surface area contributed by atoms with Crippen LogP contribution in [0.1, 0.15) is 17.8 Å².